The van der Waals surface area contributed by atoms with Gasteiger partial charge in [-0.1, -0.05) is 6.07 Å². The first kappa shape index (κ1) is 13.4. The molecule has 0 spiro atoms. The van der Waals surface area contributed by atoms with Gasteiger partial charge in [0.25, 0.3) is 6.43 Å². The maximum Gasteiger partial charge on any atom is 0.255 e. The Hall–Kier alpha value is -0.680. The summed E-state index contributed by atoms with van der Waals surface area (Å²) < 4.78 is 25.3. The van der Waals surface area contributed by atoms with Gasteiger partial charge in [-0.3, -0.25) is 0 Å². The van der Waals surface area contributed by atoms with Crippen molar-refractivity contribution in [3.8, 4) is 0 Å². The van der Waals surface area contributed by atoms with Crippen LogP contribution in [0.1, 0.15) is 5.56 Å². The van der Waals surface area contributed by atoms with Gasteiger partial charge < -0.3 is 10.2 Å². The predicted octanol–water partition coefficient (Wildman–Crippen LogP) is 2.87. The standard InChI is InChI=1S/C11H15BrF2N2/c1-15-6-8-3-4-10(9(12)5-8)16(2)7-11(13)14/h3-5,11,15H,6-7H2,1-2H3. The topological polar surface area (TPSA) is 15.3 Å². The zero-order chi connectivity index (χ0) is 12.1. The maximum absolute atomic E-state index is 12.2. The molecular formula is C11H15BrF2N2. The first-order valence-electron chi connectivity index (χ1n) is 4.97. The lowest BCUT2D eigenvalue weighted by Gasteiger charge is -2.20. The molecule has 5 heteroatoms. The summed E-state index contributed by atoms with van der Waals surface area (Å²) in [6.45, 7) is 0.501. The molecule has 0 aliphatic rings. The second-order valence-electron chi connectivity index (χ2n) is 3.59. The Bertz CT molecular complexity index is 345. The zero-order valence-corrected chi connectivity index (χ0v) is 10.9. The van der Waals surface area contributed by atoms with Gasteiger partial charge >= 0.3 is 0 Å². The minimum Gasteiger partial charge on any atom is -0.368 e. The highest BCUT2D eigenvalue weighted by Gasteiger charge is 2.11. The van der Waals surface area contributed by atoms with Crippen LogP contribution >= 0.6 is 15.9 Å². The van der Waals surface area contributed by atoms with Crippen LogP contribution in [0.3, 0.4) is 0 Å². The van der Waals surface area contributed by atoms with Gasteiger partial charge in [0, 0.05) is 18.1 Å². The molecule has 0 heterocycles. The third kappa shape index (κ3) is 3.72. The summed E-state index contributed by atoms with van der Waals surface area (Å²) in [5.74, 6) is 0. The average Bonchev–Trinajstić information content (AvgIpc) is 2.16. The van der Waals surface area contributed by atoms with Gasteiger partial charge in [-0.05, 0) is 40.7 Å². The van der Waals surface area contributed by atoms with E-state index in [1.165, 1.54) is 4.90 Å². The van der Waals surface area contributed by atoms with Crippen LogP contribution in [-0.4, -0.2) is 27.1 Å². The highest BCUT2D eigenvalue weighted by Crippen LogP contribution is 2.27. The molecule has 0 bridgehead atoms. The molecule has 0 aliphatic carbocycles. The fourth-order valence-corrected chi connectivity index (χ4v) is 2.21. The first-order valence-corrected chi connectivity index (χ1v) is 5.76. The molecule has 0 radical (unpaired) electrons. The van der Waals surface area contributed by atoms with Gasteiger partial charge in [0.1, 0.15) is 0 Å². The van der Waals surface area contributed by atoms with Gasteiger partial charge in [-0.25, -0.2) is 8.78 Å². The molecule has 0 atom stereocenters. The van der Waals surface area contributed by atoms with E-state index in [1.54, 1.807) is 7.05 Å². The number of halogens is 3. The molecule has 90 valence electrons. The summed E-state index contributed by atoms with van der Waals surface area (Å²) in [5, 5.41) is 3.04. The van der Waals surface area contributed by atoms with Crippen molar-refractivity contribution in [3.05, 3.63) is 28.2 Å². The number of anilines is 1. The summed E-state index contributed by atoms with van der Waals surface area (Å²) in [6.07, 6.45) is -2.33. The fraction of sp³-hybridized carbons (Fsp3) is 0.455. The second-order valence-corrected chi connectivity index (χ2v) is 4.44. The number of nitrogens with one attached hydrogen (secondary N) is 1. The number of hydrogen-bond donors (Lipinski definition) is 1. The Balaban J connectivity index is 2.81. The van der Waals surface area contributed by atoms with Crippen molar-refractivity contribution in [2.45, 2.75) is 13.0 Å². The zero-order valence-electron chi connectivity index (χ0n) is 9.30. The summed E-state index contributed by atoms with van der Waals surface area (Å²) in [5.41, 5.74) is 1.89. The number of rotatable bonds is 5. The van der Waals surface area contributed by atoms with E-state index in [4.69, 9.17) is 0 Å². The van der Waals surface area contributed by atoms with E-state index >= 15 is 0 Å². The number of nitrogens with zero attached hydrogens (tertiary/aromatic N) is 1. The van der Waals surface area contributed by atoms with Crippen LogP contribution < -0.4 is 10.2 Å². The lowest BCUT2D eigenvalue weighted by atomic mass is 10.2. The van der Waals surface area contributed by atoms with Crippen LogP contribution in [0.5, 0.6) is 0 Å². The lowest BCUT2D eigenvalue weighted by Crippen LogP contribution is -2.24. The summed E-state index contributed by atoms with van der Waals surface area (Å²) in [6, 6.07) is 5.71. The van der Waals surface area contributed by atoms with Crippen molar-refractivity contribution in [3.63, 3.8) is 0 Å². The molecule has 16 heavy (non-hydrogen) atoms. The molecular weight excluding hydrogens is 278 g/mol. The largest absolute Gasteiger partial charge is 0.368 e. The number of alkyl halides is 2. The maximum atomic E-state index is 12.2. The fourth-order valence-electron chi connectivity index (χ4n) is 1.48. The van der Waals surface area contributed by atoms with Crippen molar-refractivity contribution in [2.24, 2.45) is 0 Å². The van der Waals surface area contributed by atoms with Gasteiger partial charge in [-0.15, -0.1) is 0 Å². The molecule has 0 fully saturated rings. The van der Waals surface area contributed by atoms with Crippen LogP contribution in [0.15, 0.2) is 22.7 Å². The SMILES string of the molecule is CNCc1ccc(N(C)CC(F)F)c(Br)c1. The average molecular weight is 293 g/mol. The molecule has 0 saturated heterocycles. The van der Waals surface area contributed by atoms with E-state index in [0.29, 0.717) is 0 Å². The first-order chi connectivity index (χ1) is 7.54. The highest BCUT2D eigenvalue weighted by molar-refractivity contribution is 9.10. The van der Waals surface area contributed by atoms with Crippen molar-refractivity contribution < 1.29 is 8.78 Å². The lowest BCUT2D eigenvalue weighted by molar-refractivity contribution is 0.156. The third-order valence-electron chi connectivity index (χ3n) is 2.22. The van der Waals surface area contributed by atoms with E-state index < -0.39 is 6.43 Å². The Labute approximate surface area is 103 Å². The van der Waals surface area contributed by atoms with Crippen molar-refractivity contribution in [2.75, 3.05) is 25.5 Å². The Kier molecular flexibility index (Phi) is 5.15. The van der Waals surface area contributed by atoms with E-state index in [1.807, 2.05) is 25.2 Å². The molecule has 0 unspecified atom stereocenters. The van der Waals surface area contributed by atoms with Crippen LogP contribution in [0.4, 0.5) is 14.5 Å². The molecule has 0 amide bonds. The van der Waals surface area contributed by atoms with Crippen molar-refractivity contribution in [1.29, 1.82) is 0 Å². The summed E-state index contributed by atoms with van der Waals surface area (Å²) in [7, 11) is 3.52. The molecule has 0 saturated carbocycles. The molecule has 0 aromatic heterocycles. The summed E-state index contributed by atoms with van der Waals surface area (Å²) >= 11 is 3.39. The van der Waals surface area contributed by atoms with E-state index in [-0.39, 0.29) is 6.54 Å². The number of benzene rings is 1. The van der Waals surface area contributed by atoms with Gasteiger partial charge in [0.05, 0.1) is 12.2 Å². The summed E-state index contributed by atoms with van der Waals surface area (Å²) in [4.78, 5) is 1.54. The normalized spacial score (nSPS) is 10.9. The van der Waals surface area contributed by atoms with E-state index in [0.717, 1.165) is 22.3 Å². The van der Waals surface area contributed by atoms with Crippen molar-refractivity contribution >= 4 is 21.6 Å². The van der Waals surface area contributed by atoms with Gasteiger partial charge in [0.2, 0.25) is 0 Å². The smallest absolute Gasteiger partial charge is 0.255 e. The second kappa shape index (κ2) is 6.15. The molecule has 2 nitrogen and oxygen atoms in total. The Morgan fingerprint density at radius 2 is 2.12 bits per heavy atom. The predicted molar refractivity (Wildman–Crippen MR) is 66.2 cm³/mol. The quantitative estimate of drug-likeness (QED) is 0.898. The minimum atomic E-state index is -2.33. The van der Waals surface area contributed by atoms with Gasteiger partial charge in [-0.2, -0.15) is 0 Å². The van der Waals surface area contributed by atoms with Crippen LogP contribution in [0.2, 0.25) is 0 Å². The van der Waals surface area contributed by atoms with E-state index in [2.05, 4.69) is 21.2 Å². The Morgan fingerprint density at radius 3 is 2.62 bits per heavy atom. The van der Waals surface area contributed by atoms with Crippen LogP contribution in [0, 0.1) is 0 Å². The van der Waals surface area contributed by atoms with Crippen LogP contribution in [-0.2, 0) is 6.54 Å². The molecule has 1 aromatic rings. The van der Waals surface area contributed by atoms with Crippen molar-refractivity contribution in [1.82, 2.24) is 5.32 Å². The molecule has 1 rings (SSSR count). The molecule has 0 aliphatic heterocycles. The monoisotopic (exact) mass is 292 g/mol. The number of hydrogen-bond acceptors (Lipinski definition) is 2. The molecule has 1 N–H and O–H groups in total. The van der Waals surface area contributed by atoms with E-state index in [9.17, 15) is 8.78 Å². The molecule has 1 aromatic carbocycles. The highest BCUT2D eigenvalue weighted by atomic mass is 79.9. The third-order valence-corrected chi connectivity index (χ3v) is 2.85. The van der Waals surface area contributed by atoms with Gasteiger partial charge in [0.15, 0.2) is 0 Å². The minimum absolute atomic E-state index is 0.260. The van der Waals surface area contributed by atoms with Crippen LogP contribution in [0.25, 0.3) is 0 Å². The Morgan fingerprint density at radius 1 is 1.44 bits per heavy atom.